The fourth-order valence-corrected chi connectivity index (χ4v) is 3.94. The van der Waals surface area contributed by atoms with Gasteiger partial charge in [0.05, 0.1) is 23.0 Å². The van der Waals surface area contributed by atoms with E-state index in [9.17, 15) is 9.59 Å². The summed E-state index contributed by atoms with van der Waals surface area (Å²) >= 11 is 0. The number of amides is 2. The number of rotatable bonds is 4. The molecule has 3 heterocycles. The van der Waals surface area contributed by atoms with Crippen LogP contribution in [0, 0.1) is 20.8 Å². The number of hydrogen-bond donors (Lipinski definition) is 1. The highest BCUT2D eigenvalue weighted by molar-refractivity contribution is 5.96. The zero-order valence-corrected chi connectivity index (χ0v) is 18.1. The third kappa shape index (κ3) is 4.05. The van der Waals surface area contributed by atoms with Gasteiger partial charge in [0.25, 0.3) is 5.91 Å². The number of benzene rings is 1. The van der Waals surface area contributed by atoms with Crippen LogP contribution in [-0.2, 0) is 4.79 Å². The summed E-state index contributed by atoms with van der Waals surface area (Å²) in [4.78, 5) is 35.5. The number of likely N-dealkylation sites (tertiary alicyclic amines) is 1. The maximum Gasteiger partial charge on any atom is 0.254 e. The van der Waals surface area contributed by atoms with Gasteiger partial charge in [-0.25, -0.2) is 9.97 Å². The van der Waals surface area contributed by atoms with Crippen LogP contribution in [0.15, 0.2) is 35.0 Å². The Bertz CT molecular complexity index is 1140. The molecule has 1 atom stereocenters. The van der Waals surface area contributed by atoms with Crippen LogP contribution in [0.2, 0.25) is 0 Å². The van der Waals surface area contributed by atoms with E-state index in [1.165, 1.54) is 6.92 Å². The average molecular weight is 419 g/mol. The molecule has 0 bridgehead atoms. The van der Waals surface area contributed by atoms with Crippen LogP contribution < -0.4 is 5.32 Å². The smallest absolute Gasteiger partial charge is 0.254 e. The van der Waals surface area contributed by atoms with Gasteiger partial charge in [0.2, 0.25) is 5.91 Å². The number of nitrogens with one attached hydrogen (secondary N) is 1. The summed E-state index contributed by atoms with van der Waals surface area (Å²) in [6.07, 6.45) is 3.45. The van der Waals surface area contributed by atoms with E-state index in [1.807, 2.05) is 25.7 Å². The van der Waals surface area contributed by atoms with Gasteiger partial charge in [0.1, 0.15) is 5.82 Å². The first kappa shape index (κ1) is 20.7. The number of aromatic nitrogens is 3. The molecule has 0 aliphatic carbocycles. The lowest BCUT2D eigenvalue weighted by Gasteiger charge is -2.26. The van der Waals surface area contributed by atoms with Crippen molar-refractivity contribution in [2.45, 2.75) is 46.6 Å². The van der Waals surface area contributed by atoms with Crippen LogP contribution in [0.4, 0.5) is 5.69 Å². The molecule has 1 saturated heterocycles. The lowest BCUT2D eigenvalue weighted by Crippen LogP contribution is -2.31. The Morgan fingerprint density at radius 2 is 1.90 bits per heavy atom. The first-order chi connectivity index (χ1) is 14.8. The van der Waals surface area contributed by atoms with Gasteiger partial charge < -0.3 is 14.7 Å². The number of carbonyl (C=O) groups excluding carboxylic acids is 2. The molecule has 8 nitrogen and oxygen atoms in total. The second kappa shape index (κ2) is 8.29. The summed E-state index contributed by atoms with van der Waals surface area (Å²) in [7, 11) is 0. The fraction of sp³-hybridized carbons (Fsp3) is 0.348. The molecule has 1 N–H and O–H groups in total. The molecule has 2 aromatic heterocycles. The Morgan fingerprint density at radius 1 is 1.16 bits per heavy atom. The Morgan fingerprint density at radius 3 is 2.55 bits per heavy atom. The number of aryl methyl sites for hydroxylation is 2. The zero-order valence-electron chi connectivity index (χ0n) is 18.1. The number of hydrogen-bond acceptors (Lipinski definition) is 6. The van der Waals surface area contributed by atoms with Crippen molar-refractivity contribution >= 4 is 17.5 Å². The zero-order chi connectivity index (χ0) is 22.1. The van der Waals surface area contributed by atoms with E-state index in [-0.39, 0.29) is 17.9 Å². The minimum Gasteiger partial charge on any atom is -0.356 e. The summed E-state index contributed by atoms with van der Waals surface area (Å²) in [6, 6.07) is 6.77. The van der Waals surface area contributed by atoms with E-state index in [1.54, 1.807) is 30.5 Å². The second-order valence-corrected chi connectivity index (χ2v) is 7.85. The molecular weight excluding hydrogens is 394 g/mol. The van der Waals surface area contributed by atoms with Crippen LogP contribution in [-0.4, -0.2) is 38.4 Å². The highest BCUT2D eigenvalue weighted by atomic mass is 16.5. The average Bonchev–Trinajstić information content (AvgIpc) is 3.35. The summed E-state index contributed by atoms with van der Waals surface area (Å²) in [6.45, 7) is 7.79. The molecule has 0 radical (unpaired) electrons. The molecule has 1 unspecified atom stereocenters. The molecule has 2 amide bonds. The van der Waals surface area contributed by atoms with Crippen molar-refractivity contribution in [3.05, 3.63) is 58.8 Å². The van der Waals surface area contributed by atoms with Crippen LogP contribution in [0.3, 0.4) is 0 Å². The number of nitrogens with zero attached hydrogens (tertiary/aromatic N) is 4. The van der Waals surface area contributed by atoms with Crippen molar-refractivity contribution in [1.29, 1.82) is 0 Å². The molecule has 0 spiro atoms. The Balaban J connectivity index is 1.67. The molecule has 8 heteroatoms. The summed E-state index contributed by atoms with van der Waals surface area (Å²) in [5, 5.41) is 6.79. The number of carbonyl (C=O) groups is 2. The highest BCUT2D eigenvalue weighted by Crippen LogP contribution is 2.38. The van der Waals surface area contributed by atoms with Gasteiger partial charge >= 0.3 is 0 Å². The van der Waals surface area contributed by atoms with E-state index in [0.717, 1.165) is 35.4 Å². The molecule has 0 saturated carbocycles. The first-order valence-corrected chi connectivity index (χ1v) is 10.3. The second-order valence-electron chi connectivity index (χ2n) is 7.85. The minimum absolute atomic E-state index is 0.0652. The summed E-state index contributed by atoms with van der Waals surface area (Å²) in [5.41, 5.74) is 4.55. The van der Waals surface area contributed by atoms with Crippen LogP contribution >= 0.6 is 0 Å². The predicted molar refractivity (Wildman–Crippen MR) is 115 cm³/mol. The van der Waals surface area contributed by atoms with Crippen LogP contribution in [0.5, 0.6) is 0 Å². The van der Waals surface area contributed by atoms with Crippen LogP contribution in [0.1, 0.15) is 58.9 Å². The van der Waals surface area contributed by atoms with Crippen molar-refractivity contribution < 1.29 is 14.1 Å². The van der Waals surface area contributed by atoms with Gasteiger partial charge in [0, 0.05) is 36.5 Å². The molecule has 3 aromatic rings. The number of anilines is 1. The molecule has 1 aromatic carbocycles. The van der Waals surface area contributed by atoms with Crippen molar-refractivity contribution in [1.82, 2.24) is 20.0 Å². The van der Waals surface area contributed by atoms with E-state index in [4.69, 9.17) is 9.51 Å². The summed E-state index contributed by atoms with van der Waals surface area (Å²) in [5.74, 6) is 1.07. The van der Waals surface area contributed by atoms with Crippen molar-refractivity contribution in [3.63, 3.8) is 0 Å². The highest BCUT2D eigenvalue weighted by Gasteiger charge is 2.34. The molecular formula is C23H25N5O3. The standard InChI is InChI=1S/C23H25N5O3/c1-13-14(2)27-31-22(13)19-12-24-15(3)25-21(19)20-6-5-11-28(20)23(30)17-7-9-18(10-8-17)26-16(4)29/h7-10,12,20H,5-6,11H2,1-4H3,(H,26,29). The maximum atomic E-state index is 13.3. The molecule has 1 aliphatic heterocycles. The van der Waals surface area contributed by atoms with E-state index >= 15 is 0 Å². The Hall–Kier alpha value is -3.55. The molecule has 160 valence electrons. The molecule has 4 rings (SSSR count). The van der Waals surface area contributed by atoms with Gasteiger partial charge in [-0.1, -0.05) is 5.16 Å². The minimum atomic E-state index is -0.177. The van der Waals surface area contributed by atoms with Gasteiger partial charge in [-0.2, -0.15) is 0 Å². The largest absolute Gasteiger partial charge is 0.356 e. The van der Waals surface area contributed by atoms with E-state index in [2.05, 4.69) is 15.5 Å². The quantitative estimate of drug-likeness (QED) is 0.686. The third-order valence-corrected chi connectivity index (χ3v) is 5.62. The topological polar surface area (TPSA) is 101 Å². The Labute approximate surface area is 180 Å². The van der Waals surface area contributed by atoms with E-state index in [0.29, 0.717) is 29.4 Å². The lowest BCUT2D eigenvalue weighted by atomic mass is 10.0. The van der Waals surface area contributed by atoms with Gasteiger partial charge in [-0.05, 0) is 57.9 Å². The van der Waals surface area contributed by atoms with Crippen molar-refractivity contribution in [2.75, 3.05) is 11.9 Å². The van der Waals surface area contributed by atoms with Crippen molar-refractivity contribution in [2.24, 2.45) is 0 Å². The van der Waals surface area contributed by atoms with E-state index < -0.39 is 0 Å². The van der Waals surface area contributed by atoms with Gasteiger partial charge in [-0.3, -0.25) is 9.59 Å². The summed E-state index contributed by atoms with van der Waals surface area (Å²) < 4.78 is 5.58. The lowest BCUT2D eigenvalue weighted by molar-refractivity contribution is -0.114. The van der Waals surface area contributed by atoms with Gasteiger partial charge in [0.15, 0.2) is 5.76 Å². The maximum absolute atomic E-state index is 13.3. The SMILES string of the molecule is CC(=O)Nc1ccc(C(=O)N2CCCC2c2nc(C)ncc2-c2onc(C)c2C)cc1. The monoisotopic (exact) mass is 419 g/mol. The van der Waals surface area contributed by atoms with Gasteiger partial charge in [-0.15, -0.1) is 0 Å². The molecule has 1 fully saturated rings. The van der Waals surface area contributed by atoms with Crippen molar-refractivity contribution in [3.8, 4) is 11.3 Å². The normalized spacial score (nSPS) is 15.9. The molecule has 1 aliphatic rings. The molecule has 31 heavy (non-hydrogen) atoms. The first-order valence-electron chi connectivity index (χ1n) is 10.3. The predicted octanol–water partition coefficient (Wildman–Crippen LogP) is 3.99. The third-order valence-electron chi connectivity index (χ3n) is 5.62. The fourth-order valence-electron chi connectivity index (χ4n) is 3.94. The Kier molecular flexibility index (Phi) is 5.54. The van der Waals surface area contributed by atoms with Crippen LogP contribution in [0.25, 0.3) is 11.3 Å².